The van der Waals surface area contributed by atoms with Crippen LogP contribution in [0.3, 0.4) is 0 Å². The van der Waals surface area contributed by atoms with E-state index < -0.39 is 12.6 Å². The van der Waals surface area contributed by atoms with Crippen molar-refractivity contribution >= 4 is 0 Å². The van der Waals surface area contributed by atoms with Crippen molar-refractivity contribution in [2.45, 2.75) is 32.0 Å². The van der Waals surface area contributed by atoms with Gasteiger partial charge in [-0.25, -0.2) is 0 Å². The first kappa shape index (κ1) is 13.0. The maximum absolute atomic E-state index is 12.1. The van der Waals surface area contributed by atoms with Gasteiger partial charge in [-0.05, 0) is 32.0 Å². The van der Waals surface area contributed by atoms with Crippen LogP contribution in [-0.4, -0.2) is 18.2 Å². The largest absolute Gasteiger partial charge is 0.389 e. The standard InChI is InChI=1S/C11H15F3N2/c1-8-9(4-3-7-16-8)10(15-2)5-6-11(12,13)14/h3-4,7,10,15H,5-6H2,1-2H3. The minimum absolute atomic E-state index is 0.0343. The fourth-order valence-electron chi connectivity index (χ4n) is 1.63. The summed E-state index contributed by atoms with van der Waals surface area (Å²) in [5, 5.41) is 2.89. The van der Waals surface area contributed by atoms with Gasteiger partial charge in [-0.15, -0.1) is 0 Å². The molecule has 0 amide bonds. The molecule has 0 radical (unpaired) electrons. The average Bonchev–Trinajstić information content (AvgIpc) is 2.20. The van der Waals surface area contributed by atoms with Crippen molar-refractivity contribution in [3.05, 3.63) is 29.6 Å². The third-order valence-electron chi connectivity index (χ3n) is 2.49. The van der Waals surface area contributed by atoms with E-state index >= 15 is 0 Å². The van der Waals surface area contributed by atoms with Gasteiger partial charge in [0.15, 0.2) is 0 Å². The normalized spacial score (nSPS) is 13.8. The van der Waals surface area contributed by atoms with Crippen LogP contribution in [0.25, 0.3) is 0 Å². The van der Waals surface area contributed by atoms with Gasteiger partial charge in [0.05, 0.1) is 0 Å². The van der Waals surface area contributed by atoms with Gasteiger partial charge in [-0.3, -0.25) is 4.98 Å². The first-order valence-electron chi connectivity index (χ1n) is 5.09. The minimum atomic E-state index is -4.11. The molecule has 5 heteroatoms. The SMILES string of the molecule is CNC(CCC(F)(F)F)c1cccnc1C. The number of hydrogen-bond acceptors (Lipinski definition) is 2. The summed E-state index contributed by atoms with van der Waals surface area (Å²) < 4.78 is 36.4. The monoisotopic (exact) mass is 232 g/mol. The second kappa shape index (κ2) is 5.30. The van der Waals surface area contributed by atoms with Gasteiger partial charge in [0.25, 0.3) is 0 Å². The average molecular weight is 232 g/mol. The van der Waals surface area contributed by atoms with Crippen LogP contribution in [0.1, 0.15) is 30.1 Å². The highest BCUT2D eigenvalue weighted by atomic mass is 19.4. The van der Waals surface area contributed by atoms with Crippen LogP contribution in [0.2, 0.25) is 0 Å². The Morgan fingerprint density at radius 2 is 2.12 bits per heavy atom. The summed E-state index contributed by atoms with van der Waals surface area (Å²) in [6.07, 6.45) is -3.22. The molecule has 0 aliphatic carbocycles. The molecule has 0 bridgehead atoms. The Bertz CT molecular complexity index is 336. The molecule has 0 aromatic carbocycles. The van der Waals surface area contributed by atoms with Gasteiger partial charge < -0.3 is 5.32 Å². The topological polar surface area (TPSA) is 24.9 Å². The van der Waals surface area contributed by atoms with E-state index in [9.17, 15) is 13.2 Å². The highest BCUT2D eigenvalue weighted by Crippen LogP contribution is 2.28. The zero-order valence-electron chi connectivity index (χ0n) is 9.30. The van der Waals surface area contributed by atoms with Gasteiger partial charge in [-0.1, -0.05) is 6.07 Å². The quantitative estimate of drug-likeness (QED) is 0.863. The molecule has 2 nitrogen and oxygen atoms in total. The number of hydrogen-bond donors (Lipinski definition) is 1. The summed E-state index contributed by atoms with van der Waals surface area (Å²) in [5.41, 5.74) is 1.60. The molecule has 0 saturated heterocycles. The number of nitrogens with zero attached hydrogens (tertiary/aromatic N) is 1. The predicted octanol–water partition coefficient (Wildman–Crippen LogP) is 2.99. The molecule has 0 aliphatic heterocycles. The number of halogens is 3. The molecule has 0 saturated carbocycles. The van der Waals surface area contributed by atoms with Crippen molar-refractivity contribution in [1.82, 2.24) is 10.3 Å². The Kier molecular flexibility index (Phi) is 4.29. The van der Waals surface area contributed by atoms with Gasteiger partial charge in [0.1, 0.15) is 0 Å². The summed E-state index contributed by atoms with van der Waals surface area (Å²) in [4.78, 5) is 4.07. The Morgan fingerprint density at radius 1 is 1.44 bits per heavy atom. The van der Waals surface area contributed by atoms with Crippen LogP contribution >= 0.6 is 0 Å². The van der Waals surface area contributed by atoms with E-state index in [4.69, 9.17) is 0 Å². The third-order valence-corrected chi connectivity index (χ3v) is 2.49. The second-order valence-corrected chi connectivity index (χ2v) is 3.67. The van der Waals surface area contributed by atoms with E-state index in [0.29, 0.717) is 0 Å². The lowest BCUT2D eigenvalue weighted by Crippen LogP contribution is -2.20. The second-order valence-electron chi connectivity index (χ2n) is 3.67. The van der Waals surface area contributed by atoms with E-state index in [1.165, 1.54) is 0 Å². The van der Waals surface area contributed by atoms with Crippen molar-refractivity contribution in [1.29, 1.82) is 0 Å². The van der Waals surface area contributed by atoms with Crippen molar-refractivity contribution < 1.29 is 13.2 Å². The smallest absolute Gasteiger partial charge is 0.313 e. The maximum atomic E-state index is 12.1. The van der Waals surface area contributed by atoms with Crippen LogP contribution < -0.4 is 5.32 Å². The van der Waals surface area contributed by atoms with Crippen LogP contribution in [-0.2, 0) is 0 Å². The zero-order valence-corrected chi connectivity index (χ0v) is 9.30. The molecule has 0 aliphatic rings. The summed E-state index contributed by atoms with van der Waals surface area (Å²) in [7, 11) is 1.66. The lowest BCUT2D eigenvalue weighted by Gasteiger charge is -2.18. The summed E-state index contributed by atoms with van der Waals surface area (Å²) in [6.45, 7) is 1.80. The summed E-state index contributed by atoms with van der Waals surface area (Å²) in [6, 6.07) is 3.25. The molecule has 1 rings (SSSR count). The van der Waals surface area contributed by atoms with E-state index in [1.807, 2.05) is 0 Å². The van der Waals surface area contributed by atoms with Crippen molar-refractivity contribution in [2.75, 3.05) is 7.05 Å². The Morgan fingerprint density at radius 3 is 2.62 bits per heavy atom. The molecule has 1 N–H and O–H groups in total. The number of rotatable bonds is 4. The van der Waals surface area contributed by atoms with E-state index in [2.05, 4.69) is 10.3 Å². The Hall–Kier alpha value is -1.10. The van der Waals surface area contributed by atoms with Crippen LogP contribution in [0.5, 0.6) is 0 Å². The molecule has 1 aromatic rings. The van der Waals surface area contributed by atoms with E-state index in [0.717, 1.165) is 11.3 Å². The summed E-state index contributed by atoms with van der Waals surface area (Å²) >= 11 is 0. The number of aryl methyl sites for hydroxylation is 1. The third kappa shape index (κ3) is 3.81. The van der Waals surface area contributed by atoms with Gasteiger partial charge in [0, 0.05) is 24.4 Å². The van der Waals surface area contributed by atoms with Gasteiger partial charge >= 0.3 is 6.18 Å². The minimum Gasteiger partial charge on any atom is -0.313 e. The van der Waals surface area contributed by atoms with Crippen LogP contribution in [0, 0.1) is 6.92 Å². The van der Waals surface area contributed by atoms with Gasteiger partial charge in [0.2, 0.25) is 0 Å². The van der Waals surface area contributed by atoms with Crippen LogP contribution in [0.4, 0.5) is 13.2 Å². The number of aromatic nitrogens is 1. The van der Waals surface area contributed by atoms with E-state index in [1.54, 1.807) is 32.3 Å². The fraction of sp³-hybridized carbons (Fsp3) is 0.545. The predicted molar refractivity (Wildman–Crippen MR) is 56.1 cm³/mol. The van der Waals surface area contributed by atoms with Gasteiger partial charge in [-0.2, -0.15) is 13.2 Å². The van der Waals surface area contributed by atoms with E-state index in [-0.39, 0.29) is 12.5 Å². The molecule has 1 unspecified atom stereocenters. The van der Waals surface area contributed by atoms with Crippen molar-refractivity contribution in [3.63, 3.8) is 0 Å². The molecule has 0 fully saturated rings. The molecule has 0 spiro atoms. The first-order chi connectivity index (χ1) is 7.44. The molecule has 1 heterocycles. The van der Waals surface area contributed by atoms with Crippen LogP contribution in [0.15, 0.2) is 18.3 Å². The highest BCUT2D eigenvalue weighted by molar-refractivity contribution is 5.22. The fourth-order valence-corrected chi connectivity index (χ4v) is 1.63. The summed E-state index contributed by atoms with van der Waals surface area (Å²) in [5.74, 6) is 0. The molecular formula is C11H15F3N2. The molecule has 1 aromatic heterocycles. The molecule has 1 atom stereocenters. The number of pyridine rings is 1. The number of alkyl halides is 3. The lowest BCUT2D eigenvalue weighted by molar-refractivity contribution is -0.136. The Labute approximate surface area is 92.9 Å². The Balaban J connectivity index is 2.72. The molecular weight excluding hydrogens is 217 g/mol. The molecule has 90 valence electrons. The number of nitrogens with one attached hydrogen (secondary N) is 1. The van der Waals surface area contributed by atoms with Crippen molar-refractivity contribution in [2.24, 2.45) is 0 Å². The highest BCUT2D eigenvalue weighted by Gasteiger charge is 2.28. The lowest BCUT2D eigenvalue weighted by atomic mass is 10.0. The first-order valence-corrected chi connectivity index (χ1v) is 5.09. The zero-order chi connectivity index (χ0) is 12.2. The molecule has 16 heavy (non-hydrogen) atoms. The maximum Gasteiger partial charge on any atom is 0.389 e. The van der Waals surface area contributed by atoms with Crippen molar-refractivity contribution in [3.8, 4) is 0 Å².